The zero-order chi connectivity index (χ0) is 107. The molecule has 0 bridgehead atoms. The number of unbranched alkanes of at least 4 members (excludes halogenated alkanes) is 1. The Morgan fingerprint density at radius 2 is 0.618 bits per heavy atom. The third-order valence-corrected chi connectivity index (χ3v) is 22.1. The van der Waals surface area contributed by atoms with Crippen molar-refractivity contribution in [1.82, 2.24) is 89.7 Å². The summed E-state index contributed by atoms with van der Waals surface area (Å²) >= 11 is 0. The van der Waals surface area contributed by atoms with Crippen LogP contribution in [-0.4, -0.2) is 285 Å². The van der Waals surface area contributed by atoms with Crippen LogP contribution in [-0.2, 0) is 138 Å². The van der Waals surface area contributed by atoms with Gasteiger partial charge in [-0.05, 0) is 118 Å². The molecule has 1 heterocycles. The third kappa shape index (κ3) is 43.5. The topological polar surface area (TPSA) is 830 Å². The highest BCUT2D eigenvalue weighted by Gasteiger charge is 2.41. The smallest absolute Gasteiger partial charge is 0.326 e. The Morgan fingerprint density at radius 1 is 0.319 bits per heavy atom. The molecule has 0 spiro atoms. The average molecular weight is 2020 g/mol. The summed E-state index contributed by atoms with van der Waals surface area (Å²) in [6.07, 6.45) is -8.84. The first-order chi connectivity index (χ1) is 68.0. The van der Waals surface area contributed by atoms with Crippen LogP contribution in [0.4, 0.5) is 0 Å². The summed E-state index contributed by atoms with van der Waals surface area (Å²) in [6.45, 7) is 8.89. The molecule has 0 aliphatic heterocycles. The van der Waals surface area contributed by atoms with Gasteiger partial charge in [0.2, 0.25) is 100 Å². The summed E-state index contributed by atoms with van der Waals surface area (Å²) in [7, 11) is 0. The van der Waals surface area contributed by atoms with E-state index < -0.39 is 310 Å². The number of nitrogens with two attached hydrogens (primary N) is 4. The first-order valence-corrected chi connectivity index (χ1v) is 46.2. The van der Waals surface area contributed by atoms with E-state index in [1.165, 1.54) is 49.5 Å². The van der Waals surface area contributed by atoms with Crippen molar-refractivity contribution in [2.24, 2.45) is 34.8 Å². The number of nitrogens with zero attached hydrogens (tertiary/aromatic N) is 1. The molecule has 0 radical (unpaired) electrons. The maximum absolute atomic E-state index is 14.9. The second-order valence-electron chi connectivity index (χ2n) is 35.2. The number of aromatic nitrogens is 2. The summed E-state index contributed by atoms with van der Waals surface area (Å²) < 4.78 is 0. The van der Waals surface area contributed by atoms with E-state index in [0.717, 1.165) is 13.3 Å². The van der Waals surface area contributed by atoms with Gasteiger partial charge in [-0.3, -0.25) is 101 Å². The van der Waals surface area contributed by atoms with Crippen molar-refractivity contribution in [2.45, 2.75) is 266 Å². The molecule has 0 saturated heterocycles. The number of aliphatic hydroxyl groups excluding tert-OH is 1. The molecule has 31 N–H and O–H groups in total. The highest BCUT2D eigenvalue weighted by atomic mass is 16.4. The Labute approximate surface area is 826 Å². The lowest BCUT2D eigenvalue weighted by atomic mass is 9.99. The van der Waals surface area contributed by atoms with Gasteiger partial charge in [-0.15, -0.1) is 0 Å². The number of primary amides is 2. The average Bonchev–Trinajstić information content (AvgIpc) is 1.27. The molecule has 5 aromatic rings. The summed E-state index contributed by atoms with van der Waals surface area (Å²) in [5.74, 6) is -29.1. The molecule has 50 nitrogen and oxygen atoms in total. The minimum Gasteiger partial charge on any atom is -0.508 e. The van der Waals surface area contributed by atoms with E-state index in [-0.39, 0.29) is 75.3 Å². The fourth-order valence-electron chi connectivity index (χ4n) is 14.5. The number of aliphatic carboxylic acids is 5. The molecular formula is C94H129N21O29. The molecule has 0 unspecified atom stereocenters. The molecule has 0 fully saturated rings. The number of rotatable bonds is 65. The number of phenols is 1. The van der Waals surface area contributed by atoms with Crippen LogP contribution in [0.2, 0.25) is 0 Å². The monoisotopic (exact) mass is 2020 g/mol. The van der Waals surface area contributed by atoms with Gasteiger partial charge in [0, 0.05) is 57.6 Å². The van der Waals surface area contributed by atoms with Crippen molar-refractivity contribution in [3.63, 3.8) is 0 Å². The van der Waals surface area contributed by atoms with Gasteiger partial charge in [0.25, 0.3) is 0 Å². The zero-order valence-electron chi connectivity index (χ0n) is 80.1. The fourth-order valence-corrected chi connectivity index (χ4v) is 14.5. The van der Waals surface area contributed by atoms with E-state index >= 15 is 0 Å². The van der Waals surface area contributed by atoms with E-state index in [4.69, 9.17) is 22.9 Å². The fraction of sp³-hybridized carbons (Fsp3) is 0.479. The van der Waals surface area contributed by atoms with Crippen LogP contribution in [0.1, 0.15) is 159 Å². The van der Waals surface area contributed by atoms with E-state index in [9.17, 15) is 141 Å². The lowest BCUT2D eigenvalue weighted by Crippen LogP contribution is -2.61. The lowest BCUT2D eigenvalue weighted by molar-refractivity contribution is -0.143. The number of imidazole rings is 1. The van der Waals surface area contributed by atoms with Gasteiger partial charge < -0.3 is 143 Å². The van der Waals surface area contributed by atoms with Crippen LogP contribution in [0.25, 0.3) is 0 Å². The van der Waals surface area contributed by atoms with Crippen LogP contribution in [0.15, 0.2) is 128 Å². The molecule has 4 aromatic carbocycles. The maximum atomic E-state index is 14.9. The number of phenolic OH excluding ortho intramolecular Hbond substituents is 1. The number of carboxylic acids is 5. The summed E-state index contributed by atoms with van der Waals surface area (Å²) in [5.41, 5.74) is 24.3. The highest BCUT2D eigenvalue weighted by Crippen LogP contribution is 2.19. The number of nitrogens with one attached hydrogen (secondary N) is 16. The second-order valence-corrected chi connectivity index (χ2v) is 35.2. The van der Waals surface area contributed by atoms with E-state index in [1.54, 1.807) is 107 Å². The number of hydrogen-bond donors (Lipinski definition) is 27. The largest absolute Gasteiger partial charge is 0.508 e. The van der Waals surface area contributed by atoms with Crippen LogP contribution >= 0.6 is 0 Å². The Balaban J connectivity index is 1.39. The number of carboxylic acid groups (broad SMARTS) is 5. The number of hydrogen-bond acceptors (Lipinski definition) is 27. The Morgan fingerprint density at radius 3 is 0.951 bits per heavy atom. The Bertz CT molecular complexity index is 5230. The highest BCUT2D eigenvalue weighted by molar-refractivity contribution is 6.03. The number of aromatic amines is 1. The predicted octanol–water partition coefficient (Wildman–Crippen LogP) is -5.25. The first kappa shape index (κ1) is 119. The minimum atomic E-state index is -2.17. The maximum Gasteiger partial charge on any atom is 0.326 e. The molecule has 17 amide bonds. The van der Waals surface area contributed by atoms with Crippen LogP contribution < -0.4 is 103 Å². The number of amides is 17. The van der Waals surface area contributed by atoms with Gasteiger partial charge in [0.1, 0.15) is 102 Å². The van der Waals surface area contributed by atoms with Crippen molar-refractivity contribution in [2.75, 3.05) is 6.54 Å². The number of aliphatic hydroxyl groups is 1. The van der Waals surface area contributed by atoms with Crippen molar-refractivity contribution in [1.29, 1.82) is 0 Å². The van der Waals surface area contributed by atoms with E-state index in [0.29, 0.717) is 22.3 Å². The van der Waals surface area contributed by atoms with E-state index in [1.807, 2.05) is 0 Å². The van der Waals surface area contributed by atoms with Crippen molar-refractivity contribution >= 4 is 130 Å². The van der Waals surface area contributed by atoms with Crippen molar-refractivity contribution in [3.8, 4) is 5.75 Å². The summed E-state index contributed by atoms with van der Waals surface area (Å²) in [4.78, 5) is 309. The molecule has 5 rings (SSSR count). The SMILES string of the molecule is CC(C)C[C@H](NC(=O)[C@H](CC(=O)O)NC(=O)[C@H](CCC(=O)O)NC(=O)[C@H](C)NC(=O)[C@H](CCC(=O)O)NC(=O)[C@H](Cc1c[nH]cn1)NC(=O)[C@H](CC(N)=O)NC(=O)[C@H](Cc1ccccc1)NC(=O)[C@H](CCCCN)NC(=O)[C@H](CC(=O)O)NC(=O)[C@H](CC(C)C)NC(=O)[C@H](Cc1ccccc1)NC(=O)[C@@H](N)[C@@H](C)O)C(=O)N[C@@H](Cc1ccccc1)C(=O)N[C@@H](Cc1ccc(O)cc1)C(=O)N[C@@H](CCC(N)=O)C(=O)O. The normalized spacial score (nSPS) is 14.6. The summed E-state index contributed by atoms with van der Waals surface area (Å²) in [6, 6.07) is 0.892. The molecule has 1 aromatic heterocycles. The van der Waals surface area contributed by atoms with Gasteiger partial charge in [0.05, 0.1) is 37.4 Å². The number of H-pyrrole nitrogens is 1. The number of carbonyl (C=O) groups excluding carboxylic acids is 17. The number of carbonyl (C=O) groups is 22. The Kier molecular flexibility index (Phi) is 49.7. The van der Waals surface area contributed by atoms with E-state index in [2.05, 4.69) is 89.7 Å². The summed E-state index contributed by atoms with van der Waals surface area (Å²) in [5, 5.41) is 106. The molecule has 0 aliphatic rings. The quantitative estimate of drug-likeness (QED) is 0.0162. The van der Waals surface area contributed by atoms with Gasteiger partial charge >= 0.3 is 29.8 Å². The third-order valence-electron chi connectivity index (χ3n) is 22.1. The van der Waals surface area contributed by atoms with Gasteiger partial charge in [-0.25, -0.2) is 9.78 Å². The molecule has 50 heteroatoms. The van der Waals surface area contributed by atoms with Crippen LogP contribution in [0.3, 0.4) is 0 Å². The first-order valence-electron chi connectivity index (χ1n) is 46.2. The second kappa shape index (κ2) is 60.3. The van der Waals surface area contributed by atoms with Crippen LogP contribution in [0, 0.1) is 11.8 Å². The van der Waals surface area contributed by atoms with Gasteiger partial charge in [0.15, 0.2) is 0 Å². The zero-order valence-corrected chi connectivity index (χ0v) is 80.1. The van der Waals surface area contributed by atoms with Gasteiger partial charge in [-0.2, -0.15) is 0 Å². The molecule has 0 aliphatic carbocycles. The molecule has 784 valence electrons. The standard InChI is InChI=1S/C94H129N21O29/c1-48(2)36-62(83(132)109-65(39-53-20-12-8-13-21-53)86(135)110-66(41-55-25-27-57(117)28-26-55)85(134)105-61(94(143)144)29-32-72(96)118)107-92(141)71(45-77(126)127)113-82(131)60(31-34-75(122)123)102-79(128)50(5)101-80(129)59(30-33-74(120)121)104-89(138)68(42-56-46-99-47-100-56)111-90(139)69(43-73(97)119)112-87(136)64(38-52-18-10-7-11-19-52)108-81(130)58(24-16-17-35-95)103-91(140)70(44-76(124)125)114-84(133)63(37-49(3)4)106-88(137)67(40-54-22-14-9-15-23-54)115-93(142)78(98)51(6)116/h7-15,18-23,25-28,46-51,58-71,78,116-117H,16-17,24,29-45,95,98H2,1-6H3,(H2,96,118)(H2,97,119)(H,99,100)(H,101,129)(H,102,128)(H,103,140)(H,104,138)(H,105,134)(H,106,137)(H,107,141)(H,108,130)(H,109,132)(H,110,135)(H,111,139)(H,112,136)(H,113,131)(H,114,133)(H,115,142)(H,120,121)(H,122,123)(H,124,125)(H,126,127)(H,143,144)/t50-,51+,58-,59-,60-,61-,62-,63-,64-,65-,66-,67-,68-,69-,70-,71-,78-/m0/s1. The lowest BCUT2D eigenvalue weighted by Gasteiger charge is -2.28. The molecule has 0 saturated carbocycles. The number of aromatic hydroxyl groups is 1. The van der Waals surface area contributed by atoms with Crippen molar-refractivity contribution < 1.29 is 141 Å². The Hall–Kier alpha value is -15.9. The predicted molar refractivity (Wildman–Crippen MR) is 509 cm³/mol. The molecule has 17 atom stereocenters. The molecule has 144 heavy (non-hydrogen) atoms. The molecular weight excluding hydrogens is 1890 g/mol. The van der Waals surface area contributed by atoms with Crippen LogP contribution in [0.5, 0.6) is 5.75 Å². The van der Waals surface area contributed by atoms with Gasteiger partial charge in [-0.1, -0.05) is 131 Å². The minimum absolute atomic E-state index is 0.0198. The van der Waals surface area contributed by atoms with Crippen molar-refractivity contribution in [3.05, 3.63) is 156 Å². The number of benzene rings is 4.